The molecule has 2 aromatic carbocycles. The Balaban J connectivity index is 2.22. The summed E-state index contributed by atoms with van der Waals surface area (Å²) in [7, 11) is 1.63. The van der Waals surface area contributed by atoms with E-state index in [1.54, 1.807) is 11.8 Å². The van der Waals surface area contributed by atoms with Gasteiger partial charge >= 0.3 is 0 Å². The summed E-state index contributed by atoms with van der Waals surface area (Å²) in [6.07, 6.45) is 0.891. The van der Waals surface area contributed by atoms with E-state index in [-0.39, 0.29) is 6.61 Å². The van der Waals surface area contributed by atoms with Gasteiger partial charge in [-0.05, 0) is 30.2 Å². The van der Waals surface area contributed by atoms with E-state index in [4.69, 9.17) is 4.74 Å². The van der Waals surface area contributed by atoms with Crippen molar-refractivity contribution in [3.8, 4) is 22.7 Å². The largest absolute Gasteiger partial charge is 0.497 e. The van der Waals surface area contributed by atoms with Crippen molar-refractivity contribution in [2.45, 2.75) is 20.0 Å². The minimum Gasteiger partial charge on any atom is -0.497 e. The molecule has 0 saturated heterocycles. The Morgan fingerprint density at radius 2 is 1.96 bits per heavy atom. The summed E-state index contributed by atoms with van der Waals surface area (Å²) in [5.74, 6) is 0.753. The number of aromatic nitrogens is 3. The second kappa shape index (κ2) is 6.62. The number of nitrogens with zero attached hydrogens (tertiary/aromatic N) is 3. The average Bonchev–Trinajstić information content (AvgIpc) is 3.05. The molecule has 0 saturated carbocycles. The normalized spacial score (nSPS) is 10.7. The summed E-state index contributed by atoms with van der Waals surface area (Å²) >= 11 is 0. The van der Waals surface area contributed by atoms with Crippen molar-refractivity contribution in [2.24, 2.45) is 0 Å². The highest BCUT2D eigenvalue weighted by atomic mass is 16.5. The zero-order chi connectivity index (χ0) is 16.2. The smallest absolute Gasteiger partial charge is 0.119 e. The second-order valence-electron chi connectivity index (χ2n) is 5.17. The first-order valence-electron chi connectivity index (χ1n) is 7.56. The predicted molar refractivity (Wildman–Crippen MR) is 88.6 cm³/mol. The van der Waals surface area contributed by atoms with Crippen molar-refractivity contribution >= 4 is 0 Å². The first-order chi connectivity index (χ1) is 11.3. The van der Waals surface area contributed by atoms with Crippen LogP contribution in [-0.2, 0) is 13.0 Å². The predicted octanol–water partition coefficient (Wildman–Crippen LogP) is 3.00. The van der Waals surface area contributed by atoms with Gasteiger partial charge in [-0.15, -0.1) is 5.10 Å². The molecule has 3 rings (SSSR count). The lowest BCUT2D eigenvalue weighted by Crippen LogP contribution is -2.03. The molecule has 0 aliphatic heterocycles. The number of aliphatic hydroxyl groups excluding tert-OH is 1. The van der Waals surface area contributed by atoms with Gasteiger partial charge in [-0.3, -0.25) is 0 Å². The van der Waals surface area contributed by atoms with E-state index < -0.39 is 0 Å². The number of aryl methyl sites for hydroxylation is 1. The van der Waals surface area contributed by atoms with Crippen LogP contribution >= 0.6 is 0 Å². The van der Waals surface area contributed by atoms with Gasteiger partial charge in [-0.1, -0.05) is 42.5 Å². The lowest BCUT2D eigenvalue weighted by Gasteiger charge is -2.12. The van der Waals surface area contributed by atoms with Crippen molar-refractivity contribution in [3.05, 3.63) is 59.8 Å². The van der Waals surface area contributed by atoms with Gasteiger partial charge in [-0.2, -0.15) is 0 Å². The van der Waals surface area contributed by atoms with Crippen LogP contribution in [0.3, 0.4) is 0 Å². The molecule has 1 heterocycles. The van der Waals surface area contributed by atoms with Crippen molar-refractivity contribution in [1.29, 1.82) is 0 Å². The molecule has 0 atom stereocenters. The van der Waals surface area contributed by atoms with Crippen molar-refractivity contribution in [3.63, 3.8) is 0 Å². The zero-order valence-electron chi connectivity index (χ0n) is 13.2. The number of rotatable bonds is 5. The third kappa shape index (κ3) is 2.83. The molecule has 0 unspecified atom stereocenters. The Morgan fingerprint density at radius 3 is 2.70 bits per heavy atom. The maximum absolute atomic E-state index is 9.65. The summed E-state index contributed by atoms with van der Waals surface area (Å²) in [5, 5.41) is 18.0. The molecule has 0 amide bonds. The monoisotopic (exact) mass is 309 g/mol. The average molecular weight is 309 g/mol. The highest BCUT2D eigenvalue weighted by Crippen LogP contribution is 2.29. The maximum atomic E-state index is 9.65. The summed E-state index contributed by atoms with van der Waals surface area (Å²) in [6.45, 7) is 1.94. The van der Waals surface area contributed by atoms with E-state index in [1.165, 1.54) is 5.56 Å². The molecule has 1 aromatic heterocycles. The molecule has 0 radical (unpaired) electrons. The molecule has 5 nitrogen and oxygen atoms in total. The van der Waals surface area contributed by atoms with Gasteiger partial charge in [0.25, 0.3) is 0 Å². The minimum atomic E-state index is -0.166. The van der Waals surface area contributed by atoms with Gasteiger partial charge in [0, 0.05) is 5.56 Å². The minimum absolute atomic E-state index is 0.166. The van der Waals surface area contributed by atoms with Gasteiger partial charge in [-0.25, -0.2) is 4.68 Å². The third-order valence-electron chi connectivity index (χ3n) is 3.83. The van der Waals surface area contributed by atoms with E-state index in [2.05, 4.69) is 23.3 Å². The summed E-state index contributed by atoms with van der Waals surface area (Å²) < 4.78 is 7.10. The van der Waals surface area contributed by atoms with Crippen LogP contribution in [0.25, 0.3) is 16.9 Å². The summed E-state index contributed by atoms with van der Waals surface area (Å²) in [5.41, 5.74) is 4.38. The summed E-state index contributed by atoms with van der Waals surface area (Å²) in [6, 6.07) is 15.8. The van der Waals surface area contributed by atoms with Crippen LogP contribution in [0, 0.1) is 0 Å². The number of hydrogen-bond donors (Lipinski definition) is 1. The maximum Gasteiger partial charge on any atom is 0.119 e. The fourth-order valence-corrected chi connectivity index (χ4v) is 2.66. The number of ether oxygens (including phenoxy) is 1. The van der Waals surface area contributed by atoms with Gasteiger partial charge in [0.15, 0.2) is 0 Å². The standard InChI is InChI=1S/C18H19N3O2/c1-3-13-7-4-5-10-17(13)21-18(16(12-22)19-20-21)14-8-6-9-15(11-14)23-2/h4-11,22H,3,12H2,1-2H3. The van der Waals surface area contributed by atoms with Gasteiger partial charge < -0.3 is 9.84 Å². The highest BCUT2D eigenvalue weighted by molar-refractivity contribution is 5.66. The molecule has 23 heavy (non-hydrogen) atoms. The number of aliphatic hydroxyl groups is 1. The number of para-hydroxylation sites is 1. The number of benzene rings is 2. The first kappa shape index (κ1) is 15.2. The first-order valence-corrected chi connectivity index (χ1v) is 7.56. The highest BCUT2D eigenvalue weighted by Gasteiger charge is 2.17. The van der Waals surface area contributed by atoms with E-state index in [0.29, 0.717) is 5.69 Å². The van der Waals surface area contributed by atoms with Crippen LogP contribution in [-0.4, -0.2) is 27.2 Å². The topological polar surface area (TPSA) is 60.2 Å². The number of hydrogen-bond acceptors (Lipinski definition) is 4. The third-order valence-corrected chi connectivity index (χ3v) is 3.83. The summed E-state index contributed by atoms with van der Waals surface area (Å²) in [4.78, 5) is 0. The van der Waals surface area contributed by atoms with Crippen LogP contribution < -0.4 is 4.74 Å². The lowest BCUT2D eigenvalue weighted by atomic mass is 10.1. The SMILES string of the molecule is CCc1ccccc1-n1nnc(CO)c1-c1cccc(OC)c1. The van der Waals surface area contributed by atoms with E-state index in [0.717, 1.165) is 29.1 Å². The Morgan fingerprint density at radius 1 is 1.13 bits per heavy atom. The molecule has 5 heteroatoms. The van der Waals surface area contributed by atoms with Crippen LogP contribution in [0.5, 0.6) is 5.75 Å². The van der Waals surface area contributed by atoms with Crippen molar-refractivity contribution in [1.82, 2.24) is 15.0 Å². The quantitative estimate of drug-likeness (QED) is 0.787. The van der Waals surface area contributed by atoms with Crippen LogP contribution in [0.2, 0.25) is 0 Å². The van der Waals surface area contributed by atoms with Crippen molar-refractivity contribution in [2.75, 3.05) is 7.11 Å². The Hall–Kier alpha value is -2.66. The van der Waals surface area contributed by atoms with E-state index in [9.17, 15) is 5.11 Å². The van der Waals surface area contributed by atoms with E-state index >= 15 is 0 Å². The lowest BCUT2D eigenvalue weighted by molar-refractivity contribution is 0.277. The van der Waals surface area contributed by atoms with Crippen molar-refractivity contribution < 1.29 is 9.84 Å². The fourth-order valence-electron chi connectivity index (χ4n) is 2.66. The van der Waals surface area contributed by atoms with Gasteiger partial charge in [0.05, 0.1) is 19.4 Å². The second-order valence-corrected chi connectivity index (χ2v) is 5.17. The molecule has 0 aliphatic carbocycles. The molecule has 0 bridgehead atoms. The number of methoxy groups -OCH3 is 1. The van der Waals surface area contributed by atoms with Crippen LogP contribution in [0.4, 0.5) is 0 Å². The Kier molecular flexibility index (Phi) is 4.39. The Bertz CT molecular complexity index is 812. The van der Waals surface area contributed by atoms with Crippen LogP contribution in [0.1, 0.15) is 18.2 Å². The molecular weight excluding hydrogens is 290 g/mol. The molecule has 118 valence electrons. The molecule has 0 fully saturated rings. The fraction of sp³-hybridized carbons (Fsp3) is 0.222. The molecule has 0 spiro atoms. The molecule has 3 aromatic rings. The van der Waals surface area contributed by atoms with Gasteiger partial charge in [0.1, 0.15) is 17.1 Å². The molecule has 1 N–H and O–H groups in total. The zero-order valence-corrected chi connectivity index (χ0v) is 13.2. The van der Waals surface area contributed by atoms with E-state index in [1.807, 2.05) is 42.5 Å². The molecule has 0 aliphatic rings. The van der Waals surface area contributed by atoms with Gasteiger partial charge in [0.2, 0.25) is 0 Å². The molecular formula is C18H19N3O2. The van der Waals surface area contributed by atoms with Crippen LogP contribution in [0.15, 0.2) is 48.5 Å². The Labute approximate surface area is 135 Å².